The van der Waals surface area contributed by atoms with Gasteiger partial charge in [-0.2, -0.15) is 0 Å². The first-order valence-corrected chi connectivity index (χ1v) is 9.92. The molecule has 2 aliphatic heterocycles. The van der Waals surface area contributed by atoms with Gasteiger partial charge in [0.15, 0.2) is 0 Å². The number of aliphatic hydroxyl groups excluding tert-OH is 1. The predicted molar refractivity (Wildman–Crippen MR) is 101 cm³/mol. The molecule has 4 rings (SSSR count). The van der Waals surface area contributed by atoms with Crippen LogP contribution in [-0.2, 0) is 16.0 Å². The normalized spacial score (nSPS) is 25.7. The molecular formula is C19H21N3O4S. The molecule has 2 aliphatic rings. The van der Waals surface area contributed by atoms with E-state index in [1.807, 2.05) is 41.9 Å². The van der Waals surface area contributed by atoms with Gasteiger partial charge in [0, 0.05) is 29.2 Å². The third-order valence-corrected chi connectivity index (χ3v) is 6.69. The van der Waals surface area contributed by atoms with Crippen LogP contribution in [-0.4, -0.2) is 54.3 Å². The Balaban J connectivity index is 1.52. The molecule has 1 saturated heterocycles. The van der Waals surface area contributed by atoms with E-state index in [4.69, 9.17) is 0 Å². The lowest BCUT2D eigenvalue weighted by molar-refractivity contribution is -0.163. The summed E-state index contributed by atoms with van der Waals surface area (Å²) in [5, 5.41) is 19.5. The third kappa shape index (κ3) is 2.74. The second-order valence-electron chi connectivity index (χ2n) is 7.04. The molecule has 0 spiro atoms. The number of β-lactam (4-membered cyclic amide) rings is 1. The fourth-order valence-corrected chi connectivity index (χ4v) is 5.38. The van der Waals surface area contributed by atoms with E-state index in [1.54, 1.807) is 6.92 Å². The van der Waals surface area contributed by atoms with Crippen LogP contribution in [0.25, 0.3) is 5.52 Å². The Labute approximate surface area is 160 Å². The molecule has 0 aliphatic carbocycles. The van der Waals surface area contributed by atoms with Gasteiger partial charge in [0.25, 0.3) is 0 Å². The highest BCUT2D eigenvalue weighted by molar-refractivity contribution is 8.03. The minimum atomic E-state index is -1.09. The largest absolute Gasteiger partial charge is 0.477 e. The Morgan fingerprint density at radius 3 is 2.89 bits per heavy atom. The number of carbonyl (C=O) groups is 2. The maximum Gasteiger partial charge on any atom is 0.353 e. The number of aliphatic hydroxyl groups is 1. The lowest BCUT2D eigenvalue weighted by Crippen LogP contribution is -2.63. The summed E-state index contributed by atoms with van der Waals surface area (Å²) in [5.41, 5.74) is 1.10. The fraction of sp³-hybridized carbons (Fsp3) is 0.421. The second kappa shape index (κ2) is 6.69. The Kier molecular flexibility index (Phi) is 4.47. The average molecular weight is 387 g/mol. The van der Waals surface area contributed by atoms with Crippen LogP contribution in [0.15, 0.2) is 41.2 Å². The zero-order valence-corrected chi connectivity index (χ0v) is 15.9. The number of pyridine rings is 1. The molecule has 0 radical (unpaired) electrons. The van der Waals surface area contributed by atoms with Crippen molar-refractivity contribution in [3.05, 3.63) is 47.0 Å². The molecule has 1 fully saturated rings. The molecule has 2 aromatic rings. The first kappa shape index (κ1) is 18.1. The molecule has 0 unspecified atom stereocenters. The van der Waals surface area contributed by atoms with Crippen molar-refractivity contribution in [3.8, 4) is 0 Å². The number of carboxylic acids is 1. The van der Waals surface area contributed by atoms with Gasteiger partial charge in [0.05, 0.1) is 29.8 Å². The van der Waals surface area contributed by atoms with E-state index in [1.165, 1.54) is 16.7 Å². The first-order valence-electron chi connectivity index (χ1n) is 8.94. The van der Waals surface area contributed by atoms with Gasteiger partial charge in [-0.05, 0) is 19.1 Å². The van der Waals surface area contributed by atoms with Gasteiger partial charge in [-0.3, -0.25) is 4.79 Å². The van der Waals surface area contributed by atoms with Crippen molar-refractivity contribution in [2.24, 2.45) is 11.8 Å². The molecule has 1 amide bonds. The number of rotatable bonds is 6. The summed E-state index contributed by atoms with van der Waals surface area (Å²) in [4.78, 5) is 30.6. The fourth-order valence-electron chi connectivity index (χ4n) is 4.15. The summed E-state index contributed by atoms with van der Waals surface area (Å²) in [6.07, 6.45) is 3.68. The number of hydrogen-bond acceptors (Lipinski definition) is 5. The van der Waals surface area contributed by atoms with Gasteiger partial charge in [0.2, 0.25) is 5.91 Å². The first-order chi connectivity index (χ1) is 12.9. The van der Waals surface area contributed by atoms with Gasteiger partial charge in [-0.25, -0.2) is 9.78 Å². The average Bonchev–Trinajstić information content (AvgIpc) is 3.13. The number of hydrogen-bond donors (Lipinski definition) is 2. The van der Waals surface area contributed by atoms with Gasteiger partial charge in [-0.1, -0.05) is 13.0 Å². The summed E-state index contributed by atoms with van der Waals surface area (Å²) < 4.78 is 2.02. The number of aromatic nitrogens is 2. The van der Waals surface area contributed by atoms with Crippen LogP contribution in [0.5, 0.6) is 0 Å². The number of carboxylic acid groups (broad SMARTS) is 1. The molecule has 2 N–H and O–H groups in total. The van der Waals surface area contributed by atoms with Gasteiger partial charge in [-0.15, -0.1) is 11.8 Å². The molecule has 27 heavy (non-hydrogen) atoms. The number of aliphatic carboxylic acids is 1. The molecular weight excluding hydrogens is 366 g/mol. The van der Waals surface area contributed by atoms with Gasteiger partial charge < -0.3 is 19.5 Å². The Bertz CT molecular complexity index is 951. The minimum absolute atomic E-state index is 0.0763. The van der Waals surface area contributed by atoms with E-state index in [0.717, 1.165) is 11.3 Å². The number of fused-ring (bicyclic) bond motifs is 2. The van der Waals surface area contributed by atoms with E-state index in [0.29, 0.717) is 17.1 Å². The Hall–Kier alpha value is -2.32. The minimum Gasteiger partial charge on any atom is -0.477 e. The monoisotopic (exact) mass is 387 g/mol. The highest BCUT2D eigenvalue weighted by atomic mass is 32.2. The van der Waals surface area contributed by atoms with Crippen LogP contribution in [0.4, 0.5) is 0 Å². The van der Waals surface area contributed by atoms with E-state index in [-0.39, 0.29) is 23.6 Å². The van der Waals surface area contributed by atoms with Crippen molar-refractivity contribution in [1.82, 2.24) is 14.3 Å². The lowest BCUT2D eigenvalue weighted by Gasteiger charge is -2.46. The molecule has 7 nitrogen and oxygen atoms in total. The molecule has 4 atom stereocenters. The van der Waals surface area contributed by atoms with E-state index in [2.05, 4.69) is 4.98 Å². The maximum absolute atomic E-state index is 12.3. The standard InChI is InChI=1S/C19H21N3O4S/c1-10-15-14(11(2)23)18(24)22(15)16(19(25)26)17(10)27-8-6-13-20-9-12-5-3-4-7-21(12)13/h3-5,7,9-11,14-15,23H,6,8H2,1-2H3,(H,25,26)/t10-,11-,14-,15-/m1/s1. The molecule has 2 aromatic heterocycles. The molecule has 0 aromatic carbocycles. The smallest absolute Gasteiger partial charge is 0.353 e. The zero-order chi connectivity index (χ0) is 19.3. The van der Waals surface area contributed by atoms with Crippen LogP contribution in [0.1, 0.15) is 19.7 Å². The van der Waals surface area contributed by atoms with Crippen molar-refractivity contribution in [2.45, 2.75) is 32.4 Å². The number of amides is 1. The van der Waals surface area contributed by atoms with Crippen molar-refractivity contribution in [3.63, 3.8) is 0 Å². The lowest BCUT2D eigenvalue weighted by atomic mass is 9.79. The van der Waals surface area contributed by atoms with Crippen LogP contribution >= 0.6 is 11.8 Å². The zero-order valence-electron chi connectivity index (χ0n) is 15.1. The molecule has 0 saturated carbocycles. The molecule has 8 heteroatoms. The maximum atomic E-state index is 12.3. The molecule has 142 valence electrons. The number of nitrogens with zero attached hydrogens (tertiary/aromatic N) is 3. The third-order valence-electron chi connectivity index (χ3n) is 5.41. The second-order valence-corrected chi connectivity index (χ2v) is 8.18. The van der Waals surface area contributed by atoms with Crippen molar-refractivity contribution in [2.75, 3.05) is 5.75 Å². The van der Waals surface area contributed by atoms with Gasteiger partial charge >= 0.3 is 5.97 Å². The van der Waals surface area contributed by atoms with Crippen LogP contribution in [0.2, 0.25) is 0 Å². The summed E-state index contributed by atoms with van der Waals surface area (Å²) in [7, 11) is 0. The number of aryl methyl sites for hydroxylation is 1. The summed E-state index contributed by atoms with van der Waals surface area (Å²) in [6.45, 7) is 3.52. The number of thioether (sulfide) groups is 1. The van der Waals surface area contributed by atoms with E-state index < -0.39 is 18.0 Å². The van der Waals surface area contributed by atoms with Crippen LogP contribution in [0.3, 0.4) is 0 Å². The Morgan fingerprint density at radius 1 is 1.41 bits per heavy atom. The van der Waals surface area contributed by atoms with Crippen molar-refractivity contribution >= 4 is 29.2 Å². The SMILES string of the molecule is C[C@@H](O)[C@H]1C(=O)N2C(C(=O)O)=C(SCCc3ncc4ccccn34)[C@H](C)[C@H]12. The van der Waals surface area contributed by atoms with E-state index in [9.17, 15) is 19.8 Å². The van der Waals surface area contributed by atoms with Crippen LogP contribution in [0, 0.1) is 11.8 Å². The number of imidazole rings is 1. The predicted octanol–water partition coefficient (Wildman–Crippen LogP) is 1.76. The van der Waals surface area contributed by atoms with Crippen molar-refractivity contribution < 1.29 is 19.8 Å². The Morgan fingerprint density at radius 2 is 2.19 bits per heavy atom. The highest BCUT2D eigenvalue weighted by Crippen LogP contribution is 2.50. The van der Waals surface area contributed by atoms with E-state index >= 15 is 0 Å². The van der Waals surface area contributed by atoms with Gasteiger partial charge in [0.1, 0.15) is 11.5 Å². The summed E-state index contributed by atoms with van der Waals surface area (Å²) in [6, 6.07) is 5.63. The van der Waals surface area contributed by atoms with Crippen LogP contribution < -0.4 is 0 Å². The number of carbonyl (C=O) groups excluding carboxylic acids is 1. The quantitative estimate of drug-likeness (QED) is 0.734. The van der Waals surface area contributed by atoms with Crippen molar-refractivity contribution in [1.29, 1.82) is 0 Å². The highest BCUT2D eigenvalue weighted by Gasteiger charge is 2.59. The summed E-state index contributed by atoms with van der Waals surface area (Å²) >= 11 is 1.47. The summed E-state index contributed by atoms with van der Waals surface area (Å²) in [5.74, 6) is -0.426. The molecule has 4 heterocycles. The topological polar surface area (TPSA) is 95.1 Å². The molecule has 0 bridgehead atoms.